The van der Waals surface area contributed by atoms with E-state index in [0.717, 1.165) is 0 Å². The maximum absolute atomic E-state index is 11.5. The predicted octanol–water partition coefficient (Wildman–Crippen LogP) is 1.64. The minimum Gasteiger partial charge on any atom is -0.356 e. The second kappa shape index (κ2) is 3.55. The zero-order valence-corrected chi connectivity index (χ0v) is 7.80. The molecule has 2 aromatic rings. The average Bonchev–Trinajstić information content (AvgIpc) is 2.75. The van der Waals surface area contributed by atoms with Crippen molar-refractivity contribution in [2.45, 2.75) is 0 Å². The van der Waals surface area contributed by atoms with Crippen LogP contribution in [0.2, 0.25) is 5.02 Å². The summed E-state index contributed by atoms with van der Waals surface area (Å²) in [5, 5.41) is 9.42. The Bertz CT molecular complexity index is 434. The lowest BCUT2D eigenvalue weighted by Gasteiger charge is -1.97. The minimum atomic E-state index is -0.252. The predicted molar refractivity (Wildman–Crippen MR) is 52.3 cm³/mol. The van der Waals surface area contributed by atoms with E-state index in [4.69, 9.17) is 11.6 Å². The van der Waals surface area contributed by atoms with E-state index in [1.54, 1.807) is 18.5 Å². The Morgan fingerprint density at radius 3 is 2.93 bits per heavy atom. The number of hydrogen-bond donors (Lipinski definition) is 3. The molecule has 0 aliphatic heterocycles. The number of carbonyl (C=O) groups is 1. The highest BCUT2D eigenvalue weighted by atomic mass is 35.5. The van der Waals surface area contributed by atoms with Crippen LogP contribution in [0, 0.1) is 0 Å². The van der Waals surface area contributed by atoms with Gasteiger partial charge in [0.15, 0.2) is 0 Å². The molecular formula is C8H7ClN4O. The number of carbonyl (C=O) groups excluding carboxylic acids is 1. The number of aromatic amines is 2. The zero-order valence-electron chi connectivity index (χ0n) is 7.04. The zero-order chi connectivity index (χ0) is 9.97. The van der Waals surface area contributed by atoms with Gasteiger partial charge in [-0.05, 0) is 6.07 Å². The van der Waals surface area contributed by atoms with Crippen LogP contribution in [0.1, 0.15) is 10.5 Å². The molecule has 0 saturated carbocycles. The summed E-state index contributed by atoms with van der Waals surface area (Å²) in [5.74, 6) is -0.252. The molecule has 0 atom stereocenters. The average molecular weight is 211 g/mol. The third-order valence-electron chi connectivity index (χ3n) is 1.65. The van der Waals surface area contributed by atoms with E-state index >= 15 is 0 Å². The molecule has 14 heavy (non-hydrogen) atoms. The van der Waals surface area contributed by atoms with Crippen molar-refractivity contribution in [2.75, 3.05) is 5.32 Å². The topological polar surface area (TPSA) is 73.6 Å². The molecule has 0 aliphatic rings. The first kappa shape index (κ1) is 8.83. The van der Waals surface area contributed by atoms with Crippen LogP contribution in [0.5, 0.6) is 0 Å². The molecule has 1 amide bonds. The van der Waals surface area contributed by atoms with Gasteiger partial charge in [-0.3, -0.25) is 9.89 Å². The molecule has 2 heterocycles. The number of rotatable bonds is 2. The molecule has 5 nitrogen and oxygen atoms in total. The highest BCUT2D eigenvalue weighted by Gasteiger charge is 2.08. The van der Waals surface area contributed by atoms with Gasteiger partial charge in [-0.15, -0.1) is 0 Å². The molecule has 3 N–H and O–H groups in total. The summed E-state index contributed by atoms with van der Waals surface area (Å²) >= 11 is 5.66. The van der Waals surface area contributed by atoms with Crippen LogP contribution in [0.15, 0.2) is 24.7 Å². The van der Waals surface area contributed by atoms with Crippen molar-refractivity contribution in [1.29, 1.82) is 0 Å². The first-order valence-corrected chi connectivity index (χ1v) is 4.27. The fourth-order valence-corrected chi connectivity index (χ4v) is 1.18. The van der Waals surface area contributed by atoms with Gasteiger partial charge in [-0.25, -0.2) is 0 Å². The Balaban J connectivity index is 2.10. The van der Waals surface area contributed by atoms with Gasteiger partial charge >= 0.3 is 0 Å². The van der Waals surface area contributed by atoms with Gasteiger partial charge in [0.05, 0.1) is 16.9 Å². The van der Waals surface area contributed by atoms with Crippen molar-refractivity contribution >= 4 is 23.2 Å². The minimum absolute atomic E-state index is 0.252. The van der Waals surface area contributed by atoms with Gasteiger partial charge in [-0.2, -0.15) is 5.10 Å². The highest BCUT2D eigenvalue weighted by Crippen LogP contribution is 2.11. The van der Waals surface area contributed by atoms with Gasteiger partial charge < -0.3 is 10.3 Å². The largest absolute Gasteiger partial charge is 0.356 e. The molecule has 0 saturated heterocycles. The summed E-state index contributed by atoms with van der Waals surface area (Å²) in [7, 11) is 0. The molecule has 0 aliphatic carbocycles. The number of aromatic nitrogens is 3. The lowest BCUT2D eigenvalue weighted by Crippen LogP contribution is -2.11. The van der Waals surface area contributed by atoms with Crippen LogP contribution in [-0.2, 0) is 0 Å². The van der Waals surface area contributed by atoms with E-state index in [1.165, 1.54) is 6.20 Å². The molecular weight excluding hydrogens is 204 g/mol. The lowest BCUT2D eigenvalue weighted by atomic mass is 10.4. The van der Waals surface area contributed by atoms with Crippen molar-refractivity contribution in [3.63, 3.8) is 0 Å². The second-order valence-corrected chi connectivity index (χ2v) is 3.11. The summed E-state index contributed by atoms with van der Waals surface area (Å²) in [4.78, 5) is 14.2. The van der Waals surface area contributed by atoms with Gasteiger partial charge in [0.1, 0.15) is 5.69 Å². The van der Waals surface area contributed by atoms with Crippen molar-refractivity contribution in [3.05, 3.63) is 35.4 Å². The molecule has 2 aromatic heterocycles. The summed E-state index contributed by atoms with van der Waals surface area (Å²) in [6, 6.07) is 1.55. The fourth-order valence-electron chi connectivity index (χ4n) is 1.02. The van der Waals surface area contributed by atoms with Crippen molar-refractivity contribution in [3.8, 4) is 0 Å². The first-order valence-electron chi connectivity index (χ1n) is 3.90. The number of H-pyrrole nitrogens is 2. The molecule has 6 heteroatoms. The second-order valence-electron chi connectivity index (χ2n) is 2.67. The highest BCUT2D eigenvalue weighted by molar-refractivity contribution is 6.31. The summed E-state index contributed by atoms with van der Waals surface area (Å²) in [6.45, 7) is 0. The van der Waals surface area contributed by atoms with Gasteiger partial charge in [0.25, 0.3) is 5.91 Å². The Morgan fingerprint density at radius 1 is 1.50 bits per heavy atom. The fraction of sp³-hybridized carbons (Fsp3) is 0. The molecule has 0 bridgehead atoms. The summed E-state index contributed by atoms with van der Waals surface area (Å²) < 4.78 is 0. The van der Waals surface area contributed by atoms with Crippen LogP contribution < -0.4 is 5.32 Å². The molecule has 2 rings (SSSR count). The molecule has 0 radical (unpaired) electrons. The van der Waals surface area contributed by atoms with E-state index in [2.05, 4.69) is 20.5 Å². The summed E-state index contributed by atoms with van der Waals surface area (Å²) in [5.41, 5.74) is 1.02. The normalized spacial score (nSPS) is 10.1. The molecule has 0 spiro atoms. The smallest absolute Gasteiger partial charge is 0.272 e. The van der Waals surface area contributed by atoms with E-state index in [9.17, 15) is 4.79 Å². The SMILES string of the molecule is O=C(Nc1cn[nH]c1)c1cc(Cl)c[nH]1. The number of hydrogen-bond acceptors (Lipinski definition) is 2. The van der Waals surface area contributed by atoms with Crippen molar-refractivity contribution in [1.82, 2.24) is 15.2 Å². The van der Waals surface area contributed by atoms with Crippen LogP contribution in [0.3, 0.4) is 0 Å². The lowest BCUT2D eigenvalue weighted by molar-refractivity contribution is 0.102. The number of nitrogens with one attached hydrogen (secondary N) is 3. The molecule has 0 unspecified atom stereocenters. The van der Waals surface area contributed by atoms with Crippen LogP contribution in [0.25, 0.3) is 0 Å². The van der Waals surface area contributed by atoms with E-state index < -0.39 is 0 Å². The molecule has 72 valence electrons. The van der Waals surface area contributed by atoms with E-state index in [1.807, 2.05) is 0 Å². The molecule has 0 aromatic carbocycles. The Hall–Kier alpha value is -1.75. The summed E-state index contributed by atoms with van der Waals surface area (Å²) in [6.07, 6.45) is 4.65. The van der Waals surface area contributed by atoms with Crippen LogP contribution in [0.4, 0.5) is 5.69 Å². The third kappa shape index (κ3) is 1.77. The van der Waals surface area contributed by atoms with E-state index in [0.29, 0.717) is 16.4 Å². The Kier molecular flexibility index (Phi) is 2.24. The maximum Gasteiger partial charge on any atom is 0.272 e. The standard InChI is InChI=1S/C8H7ClN4O/c9-5-1-7(10-2-5)8(14)13-6-3-11-12-4-6/h1-4,10H,(H,11,12)(H,13,14). The van der Waals surface area contributed by atoms with Gasteiger partial charge in [-0.1, -0.05) is 11.6 Å². The van der Waals surface area contributed by atoms with Crippen molar-refractivity contribution in [2.24, 2.45) is 0 Å². The number of anilines is 1. The first-order chi connectivity index (χ1) is 6.75. The third-order valence-corrected chi connectivity index (χ3v) is 1.87. The number of halogens is 1. The van der Waals surface area contributed by atoms with Crippen molar-refractivity contribution < 1.29 is 4.79 Å². The quantitative estimate of drug-likeness (QED) is 0.705. The van der Waals surface area contributed by atoms with E-state index in [-0.39, 0.29) is 5.91 Å². The van der Waals surface area contributed by atoms with Gasteiger partial charge in [0, 0.05) is 12.4 Å². The Labute approximate surface area is 84.5 Å². The Morgan fingerprint density at radius 2 is 2.36 bits per heavy atom. The number of amides is 1. The maximum atomic E-state index is 11.5. The monoisotopic (exact) mass is 210 g/mol. The van der Waals surface area contributed by atoms with Gasteiger partial charge in [0.2, 0.25) is 0 Å². The number of nitrogens with zero attached hydrogens (tertiary/aromatic N) is 1. The molecule has 0 fully saturated rings. The van der Waals surface area contributed by atoms with Crippen LogP contribution in [-0.4, -0.2) is 21.1 Å². The van der Waals surface area contributed by atoms with Crippen LogP contribution >= 0.6 is 11.6 Å².